The molecule has 0 spiro atoms. The van der Waals surface area contributed by atoms with E-state index in [1.807, 2.05) is 50.2 Å². The molecule has 1 atom stereocenters. The van der Waals surface area contributed by atoms with Gasteiger partial charge in [-0.05, 0) is 42.3 Å². The highest BCUT2D eigenvalue weighted by Gasteiger charge is 2.12. The van der Waals surface area contributed by atoms with Crippen LogP contribution in [0.2, 0.25) is 0 Å². The normalized spacial score (nSPS) is 12.1. The molecule has 1 unspecified atom stereocenters. The fourth-order valence-electron chi connectivity index (χ4n) is 3.22. The lowest BCUT2D eigenvalue weighted by molar-refractivity contribution is 0.386. The number of para-hydroxylation sites is 1. The molecule has 0 fully saturated rings. The first-order chi connectivity index (χ1) is 14.4. The summed E-state index contributed by atoms with van der Waals surface area (Å²) in [6.07, 6.45) is 0. The fourth-order valence-corrected chi connectivity index (χ4v) is 3.22. The number of guanidine groups is 1. The van der Waals surface area contributed by atoms with Crippen LogP contribution in [-0.2, 0) is 6.54 Å². The summed E-state index contributed by atoms with van der Waals surface area (Å²) < 4.78 is 19.0. The van der Waals surface area contributed by atoms with Crippen LogP contribution >= 0.6 is 24.0 Å². The zero-order valence-electron chi connectivity index (χ0n) is 18.4. The molecular formula is C23H29FIN5O. The number of benzene rings is 2. The Morgan fingerprint density at radius 2 is 1.94 bits per heavy atom. The molecule has 0 saturated carbocycles. The van der Waals surface area contributed by atoms with Gasteiger partial charge in [-0.15, -0.1) is 24.0 Å². The van der Waals surface area contributed by atoms with Crippen LogP contribution in [0.25, 0.3) is 10.9 Å². The van der Waals surface area contributed by atoms with E-state index >= 15 is 0 Å². The topological polar surface area (TPSA) is 61.8 Å². The molecule has 2 aromatic carbocycles. The van der Waals surface area contributed by atoms with E-state index in [0.29, 0.717) is 12.5 Å². The Hall–Kier alpha value is -2.62. The number of anilines is 1. The van der Waals surface area contributed by atoms with Crippen LogP contribution in [0.4, 0.5) is 10.2 Å². The molecule has 0 saturated heterocycles. The van der Waals surface area contributed by atoms with Crippen molar-refractivity contribution < 1.29 is 9.13 Å². The van der Waals surface area contributed by atoms with Gasteiger partial charge in [-0.2, -0.15) is 0 Å². The monoisotopic (exact) mass is 537 g/mol. The van der Waals surface area contributed by atoms with Gasteiger partial charge in [0, 0.05) is 33.1 Å². The summed E-state index contributed by atoms with van der Waals surface area (Å²) in [5, 5.41) is 7.76. The van der Waals surface area contributed by atoms with Crippen LogP contribution in [0.1, 0.15) is 24.1 Å². The maximum absolute atomic E-state index is 14.0. The summed E-state index contributed by atoms with van der Waals surface area (Å²) in [5.41, 5.74) is 2.88. The quantitative estimate of drug-likeness (QED) is 0.276. The van der Waals surface area contributed by atoms with Gasteiger partial charge in [0.25, 0.3) is 0 Å². The summed E-state index contributed by atoms with van der Waals surface area (Å²) in [5.74, 6) is 1.38. The first-order valence-electron chi connectivity index (χ1n) is 9.79. The molecule has 8 heteroatoms. The molecule has 6 nitrogen and oxygen atoms in total. The zero-order chi connectivity index (χ0) is 21.7. The maximum Gasteiger partial charge on any atom is 0.191 e. The Morgan fingerprint density at radius 3 is 2.58 bits per heavy atom. The SMILES string of the molecule is CN=C(NCc1cc(N(C)C)nc2ccccc12)NC(C)c1ccc(OC)c(F)c1.I. The van der Waals surface area contributed by atoms with Gasteiger partial charge in [-0.1, -0.05) is 24.3 Å². The number of aromatic nitrogens is 1. The van der Waals surface area contributed by atoms with Gasteiger partial charge in [0.15, 0.2) is 17.5 Å². The van der Waals surface area contributed by atoms with Crippen molar-refractivity contribution in [1.29, 1.82) is 0 Å². The van der Waals surface area contributed by atoms with Crippen LogP contribution in [0, 0.1) is 5.82 Å². The number of hydrogen-bond donors (Lipinski definition) is 2. The number of ether oxygens (including phenoxy) is 1. The number of rotatable bonds is 6. The summed E-state index contributed by atoms with van der Waals surface area (Å²) in [7, 11) is 7.12. The Bertz CT molecular complexity index is 1060. The van der Waals surface area contributed by atoms with Crippen LogP contribution in [0.3, 0.4) is 0 Å². The van der Waals surface area contributed by atoms with Gasteiger partial charge in [-0.3, -0.25) is 4.99 Å². The average molecular weight is 537 g/mol. The van der Waals surface area contributed by atoms with E-state index in [0.717, 1.165) is 27.8 Å². The molecule has 31 heavy (non-hydrogen) atoms. The second-order valence-corrected chi connectivity index (χ2v) is 7.24. The van der Waals surface area contributed by atoms with Crippen LogP contribution in [0.5, 0.6) is 5.75 Å². The number of fused-ring (bicyclic) bond motifs is 1. The largest absolute Gasteiger partial charge is 0.494 e. The first-order valence-corrected chi connectivity index (χ1v) is 9.79. The molecule has 3 aromatic rings. The minimum atomic E-state index is -0.383. The van der Waals surface area contributed by atoms with Gasteiger partial charge in [-0.25, -0.2) is 9.37 Å². The van der Waals surface area contributed by atoms with E-state index in [1.165, 1.54) is 13.2 Å². The van der Waals surface area contributed by atoms with Gasteiger partial charge >= 0.3 is 0 Å². The van der Waals surface area contributed by atoms with E-state index in [1.54, 1.807) is 13.1 Å². The molecule has 0 radical (unpaired) electrons. The van der Waals surface area contributed by atoms with E-state index < -0.39 is 0 Å². The number of nitrogens with one attached hydrogen (secondary N) is 2. The van der Waals surface area contributed by atoms with Crippen molar-refractivity contribution in [2.45, 2.75) is 19.5 Å². The fraction of sp³-hybridized carbons (Fsp3) is 0.304. The number of pyridine rings is 1. The highest BCUT2D eigenvalue weighted by molar-refractivity contribution is 14.0. The Kier molecular flexibility index (Phi) is 8.85. The van der Waals surface area contributed by atoms with Gasteiger partial charge in [0.05, 0.1) is 18.7 Å². The second kappa shape index (κ2) is 11.1. The summed E-state index contributed by atoms with van der Waals surface area (Å²) in [6.45, 7) is 2.54. The van der Waals surface area contributed by atoms with Crippen molar-refractivity contribution in [3.8, 4) is 5.75 Å². The van der Waals surface area contributed by atoms with Crippen molar-refractivity contribution in [3.63, 3.8) is 0 Å². The molecule has 1 heterocycles. The summed E-state index contributed by atoms with van der Waals surface area (Å²) >= 11 is 0. The van der Waals surface area contributed by atoms with Crippen molar-refractivity contribution >= 4 is 46.7 Å². The summed E-state index contributed by atoms with van der Waals surface area (Å²) in [4.78, 5) is 11.0. The van der Waals surface area contributed by atoms with Crippen molar-refractivity contribution in [1.82, 2.24) is 15.6 Å². The number of methoxy groups -OCH3 is 1. The summed E-state index contributed by atoms with van der Waals surface area (Å²) in [6, 6.07) is 15.0. The molecule has 0 aliphatic carbocycles. The number of halogens is 2. The molecule has 1 aromatic heterocycles. The minimum Gasteiger partial charge on any atom is -0.494 e. The highest BCUT2D eigenvalue weighted by atomic mass is 127. The van der Waals surface area contributed by atoms with Crippen molar-refractivity contribution in [3.05, 3.63) is 65.5 Å². The van der Waals surface area contributed by atoms with E-state index in [4.69, 9.17) is 9.72 Å². The second-order valence-electron chi connectivity index (χ2n) is 7.24. The highest BCUT2D eigenvalue weighted by Crippen LogP contribution is 2.23. The van der Waals surface area contributed by atoms with Crippen LogP contribution in [0.15, 0.2) is 53.5 Å². The predicted molar refractivity (Wildman–Crippen MR) is 136 cm³/mol. The predicted octanol–water partition coefficient (Wildman–Crippen LogP) is 4.49. The maximum atomic E-state index is 14.0. The van der Waals surface area contributed by atoms with Crippen molar-refractivity contribution in [2.24, 2.45) is 4.99 Å². The standard InChI is InChI=1S/C23H28FN5O.HI/c1-15(16-10-11-21(30-5)19(24)12-16)27-23(25-2)26-14-17-13-22(29(3)4)28-20-9-7-6-8-18(17)20;/h6-13,15H,14H2,1-5H3,(H2,25,26,27);1H. The van der Waals surface area contributed by atoms with Gasteiger partial charge in [0.1, 0.15) is 5.82 Å². The van der Waals surface area contributed by atoms with E-state index in [9.17, 15) is 4.39 Å². The molecule has 0 amide bonds. The van der Waals surface area contributed by atoms with Gasteiger partial charge in [0.2, 0.25) is 0 Å². The third kappa shape index (κ3) is 5.96. The number of hydrogen-bond acceptors (Lipinski definition) is 4. The third-order valence-electron chi connectivity index (χ3n) is 4.95. The van der Waals surface area contributed by atoms with Crippen molar-refractivity contribution in [2.75, 3.05) is 33.2 Å². The van der Waals surface area contributed by atoms with Crippen LogP contribution in [-0.4, -0.2) is 39.2 Å². The van der Waals surface area contributed by atoms with Crippen LogP contribution < -0.4 is 20.3 Å². The lowest BCUT2D eigenvalue weighted by atomic mass is 10.1. The zero-order valence-corrected chi connectivity index (χ0v) is 20.8. The third-order valence-corrected chi connectivity index (χ3v) is 4.95. The Labute approximate surface area is 199 Å². The minimum absolute atomic E-state index is 0. The lowest BCUT2D eigenvalue weighted by Gasteiger charge is -2.20. The average Bonchev–Trinajstić information content (AvgIpc) is 2.75. The molecule has 2 N–H and O–H groups in total. The molecule has 0 aliphatic heterocycles. The van der Waals surface area contributed by atoms with Gasteiger partial charge < -0.3 is 20.3 Å². The molecule has 3 rings (SSSR count). The van der Waals surface area contributed by atoms with E-state index in [-0.39, 0.29) is 41.6 Å². The Balaban J connectivity index is 0.00000341. The molecular weight excluding hydrogens is 508 g/mol. The number of aliphatic imine (C=N–C) groups is 1. The molecule has 0 aliphatic rings. The Morgan fingerprint density at radius 1 is 1.19 bits per heavy atom. The van der Waals surface area contributed by atoms with E-state index in [2.05, 4.69) is 27.8 Å². The lowest BCUT2D eigenvalue weighted by Crippen LogP contribution is -2.38. The smallest absolute Gasteiger partial charge is 0.191 e. The number of nitrogens with zero attached hydrogens (tertiary/aromatic N) is 3. The molecule has 166 valence electrons. The first kappa shape index (κ1) is 24.6. The molecule has 0 bridgehead atoms.